The number of hydrogen-bond acceptors (Lipinski definition) is 5. The summed E-state index contributed by atoms with van der Waals surface area (Å²) in [6.45, 7) is 4.45. The molecule has 0 fully saturated rings. The van der Waals surface area contributed by atoms with E-state index < -0.39 is 12.1 Å². The predicted octanol–water partition coefficient (Wildman–Crippen LogP) is 0.414. The van der Waals surface area contributed by atoms with Crippen LogP contribution in [0.2, 0.25) is 0 Å². The zero-order chi connectivity index (χ0) is 14.5. The van der Waals surface area contributed by atoms with Gasteiger partial charge in [0.25, 0.3) is 0 Å². The van der Waals surface area contributed by atoms with Gasteiger partial charge < -0.3 is 27.5 Å². The van der Waals surface area contributed by atoms with Gasteiger partial charge in [0, 0.05) is 12.2 Å². The first-order valence-corrected chi connectivity index (χ1v) is 4.80. The van der Waals surface area contributed by atoms with Crippen molar-refractivity contribution in [1.29, 1.82) is 0 Å². The van der Waals surface area contributed by atoms with Crippen molar-refractivity contribution in [3.05, 3.63) is 22.9 Å². The second kappa shape index (κ2) is 7.54. The maximum Gasteiger partial charge on any atom is 0.430 e. The van der Waals surface area contributed by atoms with Crippen molar-refractivity contribution in [3.63, 3.8) is 0 Å². The molecule has 0 saturated carbocycles. The number of nitrogens with two attached hydrogens (primary N) is 2. The third kappa shape index (κ3) is 6.58. The van der Waals surface area contributed by atoms with Gasteiger partial charge in [0.2, 0.25) is 0 Å². The Hall–Kier alpha value is -1.87. The largest absolute Gasteiger partial charge is 0.542 e. The number of carbonyl (C=O) groups excluding carboxylic acids is 1. The van der Waals surface area contributed by atoms with E-state index in [1.807, 2.05) is 19.9 Å². The first-order chi connectivity index (χ1) is 8.09. The second-order valence-corrected chi connectivity index (χ2v) is 3.42. The van der Waals surface area contributed by atoms with Crippen LogP contribution in [0.4, 0.5) is 19.0 Å². The third-order valence-corrected chi connectivity index (χ3v) is 2.01. The zero-order valence-corrected chi connectivity index (χ0v) is 10.8. The van der Waals surface area contributed by atoms with Gasteiger partial charge in [-0.05, 0) is 31.0 Å². The molecule has 0 radical (unpaired) electrons. The summed E-state index contributed by atoms with van der Waals surface area (Å²) < 4.78 is 31.5. The van der Waals surface area contributed by atoms with E-state index in [4.69, 9.17) is 21.4 Å². The van der Waals surface area contributed by atoms with Crippen molar-refractivity contribution in [1.82, 2.24) is 11.1 Å². The van der Waals surface area contributed by atoms with E-state index in [-0.39, 0.29) is 6.15 Å². The number of quaternary nitrogens is 1. The monoisotopic (exact) mass is 282 g/mol. The number of halogens is 3. The topological polar surface area (TPSA) is 142 Å². The molecule has 0 saturated heterocycles. The van der Waals surface area contributed by atoms with Gasteiger partial charge in [0.1, 0.15) is 11.8 Å². The van der Waals surface area contributed by atoms with Crippen LogP contribution < -0.4 is 22.7 Å². The molecular weight excluding hydrogens is 265 g/mol. The number of rotatable bonds is 1. The number of carbonyl (C=O) groups is 1. The smallest absolute Gasteiger partial charge is 0.430 e. The zero-order valence-electron chi connectivity index (χ0n) is 10.8. The van der Waals surface area contributed by atoms with Crippen LogP contribution >= 0.6 is 0 Å². The first kappa shape index (κ1) is 19.5. The van der Waals surface area contributed by atoms with Gasteiger partial charge in [0.15, 0.2) is 0 Å². The van der Waals surface area contributed by atoms with Crippen molar-refractivity contribution < 1.29 is 23.1 Å². The fraction of sp³-hybridized carbons (Fsp3) is 0.400. The van der Waals surface area contributed by atoms with Crippen LogP contribution in [0.25, 0.3) is 0 Å². The molecule has 0 aliphatic rings. The number of nitrogens with zero attached hydrogens (tertiary/aromatic N) is 1. The number of pyridine rings is 1. The molecule has 0 bridgehead atoms. The third-order valence-electron chi connectivity index (χ3n) is 2.01. The SMILES string of the molecule is Cc1cc(N)nc(C)c1CN.O=C([O-])C(F)(F)F.[NH4+]. The number of aryl methyl sites for hydroxylation is 2. The van der Waals surface area contributed by atoms with Crippen LogP contribution in [0.5, 0.6) is 0 Å². The molecule has 9 heteroatoms. The molecule has 110 valence electrons. The molecule has 0 spiro atoms. The van der Waals surface area contributed by atoms with Gasteiger partial charge >= 0.3 is 6.18 Å². The molecule has 1 heterocycles. The lowest BCUT2D eigenvalue weighted by Crippen LogP contribution is -2.37. The quantitative estimate of drug-likeness (QED) is 0.684. The molecule has 0 unspecified atom stereocenters. The van der Waals surface area contributed by atoms with Crippen molar-refractivity contribution in [3.8, 4) is 0 Å². The van der Waals surface area contributed by atoms with Gasteiger partial charge in [-0.25, -0.2) is 4.98 Å². The fourth-order valence-corrected chi connectivity index (χ4v) is 1.20. The Bertz CT molecular complexity index is 412. The summed E-state index contributed by atoms with van der Waals surface area (Å²) in [5.41, 5.74) is 14.2. The first-order valence-electron chi connectivity index (χ1n) is 4.80. The summed E-state index contributed by atoms with van der Waals surface area (Å²) in [4.78, 5) is 12.9. The Morgan fingerprint density at radius 2 is 1.84 bits per heavy atom. The standard InChI is InChI=1S/C8H13N3.C2HF3O2.H3N/c1-5-3-8(10)11-6(2)7(5)4-9;3-2(4,5)1(6)7;/h3H,4,9H2,1-2H3,(H2,10,11);(H,6,7);1H3. The molecular formula is C10H17F3N4O2. The average Bonchev–Trinajstić information content (AvgIpc) is 2.15. The predicted molar refractivity (Wildman–Crippen MR) is 63.1 cm³/mol. The number of aliphatic carboxylic acids is 1. The molecule has 8 N–H and O–H groups in total. The highest BCUT2D eigenvalue weighted by molar-refractivity contribution is 5.70. The van der Waals surface area contributed by atoms with Gasteiger partial charge in [-0.15, -0.1) is 0 Å². The van der Waals surface area contributed by atoms with Gasteiger partial charge in [-0.1, -0.05) is 0 Å². The summed E-state index contributed by atoms with van der Waals surface area (Å²) in [5, 5.41) is 8.78. The van der Waals surface area contributed by atoms with Crippen molar-refractivity contribution in [2.75, 3.05) is 5.73 Å². The Morgan fingerprint density at radius 1 is 1.42 bits per heavy atom. The van der Waals surface area contributed by atoms with Crippen LogP contribution in [0.1, 0.15) is 16.8 Å². The molecule has 0 amide bonds. The van der Waals surface area contributed by atoms with Crippen LogP contribution in [-0.4, -0.2) is 17.1 Å². The number of carboxylic acid groups (broad SMARTS) is 1. The van der Waals surface area contributed by atoms with E-state index in [0.29, 0.717) is 12.4 Å². The Labute approximate surface area is 108 Å². The molecule has 19 heavy (non-hydrogen) atoms. The van der Waals surface area contributed by atoms with Crippen LogP contribution in [0.3, 0.4) is 0 Å². The number of aromatic nitrogens is 1. The van der Waals surface area contributed by atoms with E-state index in [0.717, 1.165) is 16.8 Å². The molecule has 6 nitrogen and oxygen atoms in total. The number of carboxylic acids is 1. The van der Waals surface area contributed by atoms with Crippen molar-refractivity contribution in [2.24, 2.45) is 5.73 Å². The molecule has 1 rings (SSSR count). The molecule has 0 aliphatic heterocycles. The maximum absolute atomic E-state index is 10.5. The summed E-state index contributed by atoms with van der Waals surface area (Å²) in [6.07, 6.45) is -5.19. The Kier molecular flexibility index (Phi) is 7.73. The highest BCUT2D eigenvalue weighted by atomic mass is 19.4. The summed E-state index contributed by atoms with van der Waals surface area (Å²) in [7, 11) is 0. The van der Waals surface area contributed by atoms with E-state index in [1.165, 1.54) is 0 Å². The van der Waals surface area contributed by atoms with Crippen molar-refractivity contribution in [2.45, 2.75) is 26.6 Å². The van der Waals surface area contributed by atoms with Crippen LogP contribution in [0.15, 0.2) is 6.07 Å². The molecule has 0 aromatic carbocycles. The number of alkyl halides is 3. The van der Waals surface area contributed by atoms with E-state index in [1.54, 1.807) is 0 Å². The number of hydrogen-bond donors (Lipinski definition) is 3. The lowest BCUT2D eigenvalue weighted by molar-refractivity contribution is -0.344. The Morgan fingerprint density at radius 3 is 2.11 bits per heavy atom. The van der Waals surface area contributed by atoms with Gasteiger partial charge in [-0.2, -0.15) is 13.2 Å². The van der Waals surface area contributed by atoms with Crippen LogP contribution in [0, 0.1) is 13.8 Å². The number of anilines is 1. The van der Waals surface area contributed by atoms with Crippen LogP contribution in [-0.2, 0) is 11.3 Å². The number of nitrogen functional groups attached to an aromatic ring is 1. The van der Waals surface area contributed by atoms with E-state index in [9.17, 15) is 13.2 Å². The lowest BCUT2D eigenvalue weighted by atomic mass is 10.1. The highest BCUT2D eigenvalue weighted by Gasteiger charge is 2.28. The minimum absolute atomic E-state index is 0. The molecule has 1 aromatic heterocycles. The van der Waals surface area contributed by atoms with Gasteiger partial charge in [0.05, 0.1) is 0 Å². The normalized spacial score (nSPS) is 10.0. The highest BCUT2D eigenvalue weighted by Crippen LogP contribution is 2.13. The fourth-order valence-electron chi connectivity index (χ4n) is 1.20. The average molecular weight is 282 g/mol. The minimum atomic E-state index is -5.19. The lowest BCUT2D eigenvalue weighted by Gasteiger charge is -2.06. The second-order valence-electron chi connectivity index (χ2n) is 3.42. The molecule has 0 atom stereocenters. The summed E-state index contributed by atoms with van der Waals surface area (Å²) in [5.74, 6) is -2.44. The molecule has 1 aromatic rings. The summed E-state index contributed by atoms with van der Waals surface area (Å²) >= 11 is 0. The summed E-state index contributed by atoms with van der Waals surface area (Å²) in [6, 6.07) is 1.84. The molecule has 0 aliphatic carbocycles. The maximum atomic E-state index is 10.5. The van der Waals surface area contributed by atoms with E-state index in [2.05, 4.69) is 4.98 Å². The minimum Gasteiger partial charge on any atom is -0.542 e. The van der Waals surface area contributed by atoms with E-state index >= 15 is 0 Å². The van der Waals surface area contributed by atoms with Gasteiger partial charge in [-0.3, -0.25) is 0 Å². The Balaban J connectivity index is 0. The van der Waals surface area contributed by atoms with Crippen molar-refractivity contribution >= 4 is 11.8 Å².